The highest BCUT2D eigenvalue weighted by Crippen LogP contribution is 2.45. The Morgan fingerprint density at radius 3 is 1.78 bits per heavy atom. The van der Waals surface area contributed by atoms with E-state index in [1.54, 1.807) is 13.8 Å². The highest BCUT2D eigenvalue weighted by atomic mass is 31.0. The third-order valence-corrected chi connectivity index (χ3v) is 13.1. The van der Waals surface area contributed by atoms with Gasteiger partial charge in [-0.15, -0.1) is 0 Å². The van der Waals surface area contributed by atoms with E-state index in [1.807, 2.05) is 18.2 Å². The van der Waals surface area contributed by atoms with Crippen molar-refractivity contribution in [3.63, 3.8) is 0 Å². The molecule has 4 rings (SSSR count). The summed E-state index contributed by atoms with van der Waals surface area (Å²) in [6, 6.07) is 23.0. The minimum Gasteiger partial charge on any atom is -0.531 e. The van der Waals surface area contributed by atoms with Gasteiger partial charge in [0.1, 0.15) is 5.48 Å². The Morgan fingerprint density at radius 1 is 0.838 bits per heavy atom. The molecule has 1 aliphatic carbocycles. The maximum Gasteiger partial charge on any atom is 0.324 e. The van der Waals surface area contributed by atoms with Crippen molar-refractivity contribution in [3.8, 4) is 5.48 Å². The van der Waals surface area contributed by atoms with E-state index >= 15 is 0 Å². The van der Waals surface area contributed by atoms with Gasteiger partial charge in [0.25, 0.3) is 0 Å². The van der Waals surface area contributed by atoms with Crippen LogP contribution in [0.5, 0.6) is 5.48 Å². The van der Waals surface area contributed by atoms with Gasteiger partial charge in [-0.3, -0.25) is 9.59 Å². The molecule has 0 saturated heterocycles. The van der Waals surface area contributed by atoms with E-state index in [0.29, 0.717) is 0 Å². The first-order chi connectivity index (χ1) is 17.7. The number of fused-ring (bicyclic) bond motifs is 1. The first-order valence-corrected chi connectivity index (χ1v) is 15.7. The average Bonchev–Trinajstić information content (AvgIpc) is 3.28. The lowest BCUT2D eigenvalue weighted by molar-refractivity contribution is -0.171. The van der Waals surface area contributed by atoms with Crippen LogP contribution in [-0.4, -0.2) is 33.5 Å². The van der Waals surface area contributed by atoms with E-state index in [0.717, 1.165) is 24.8 Å². The van der Waals surface area contributed by atoms with Gasteiger partial charge in [0, 0.05) is 6.42 Å². The number of esters is 2. The molecular formula is C30H35O5PSi. The Hall–Kier alpha value is -2.95. The quantitative estimate of drug-likeness (QED) is 0.220. The van der Waals surface area contributed by atoms with Gasteiger partial charge >= 0.3 is 20.3 Å². The normalized spacial score (nSPS) is 14.7. The maximum atomic E-state index is 13.0. The van der Waals surface area contributed by atoms with Crippen molar-refractivity contribution in [3.05, 3.63) is 83.7 Å². The summed E-state index contributed by atoms with van der Waals surface area (Å²) in [5.41, 5.74) is 1.41. The standard InChI is InChI=1S/C30H35O5PSi/c1-6-33-27(31)30(28(32)34-7-2)19-22-18-26(36-21-23(22)20-30)35-37(29(3,4)5,24-14-10-8-11-15-24)25-16-12-9-13-17-25/h8-18,21H,6-7,19-20H2,1-5H3. The Morgan fingerprint density at radius 2 is 1.32 bits per heavy atom. The van der Waals surface area contributed by atoms with Crippen LogP contribution in [-0.2, 0) is 31.9 Å². The van der Waals surface area contributed by atoms with Crippen molar-refractivity contribution < 1.29 is 23.5 Å². The molecule has 0 bridgehead atoms. The largest absolute Gasteiger partial charge is 0.531 e. The van der Waals surface area contributed by atoms with Gasteiger partial charge in [0.2, 0.25) is 0 Å². The fraction of sp³-hybridized carbons (Fsp3) is 0.367. The number of benzene rings is 2. The zero-order valence-electron chi connectivity index (χ0n) is 22.2. The van der Waals surface area contributed by atoms with Gasteiger partial charge in [-0.05, 0) is 66.9 Å². The zero-order chi connectivity index (χ0) is 26.7. The summed E-state index contributed by atoms with van der Waals surface area (Å²) in [7, 11) is -1.88. The van der Waals surface area contributed by atoms with Gasteiger partial charge in [0.05, 0.1) is 13.2 Å². The smallest absolute Gasteiger partial charge is 0.324 e. The number of ether oxygens (including phenoxy) is 2. The molecule has 0 fully saturated rings. The van der Waals surface area contributed by atoms with Gasteiger partial charge in [-0.2, -0.15) is 0 Å². The van der Waals surface area contributed by atoms with Crippen LogP contribution in [0.3, 0.4) is 0 Å². The van der Waals surface area contributed by atoms with Crippen LogP contribution in [0.15, 0.2) is 72.5 Å². The second-order valence-electron chi connectivity index (χ2n) is 10.4. The number of hydrogen-bond donors (Lipinski definition) is 0. The van der Waals surface area contributed by atoms with Crippen LogP contribution in [0, 0.1) is 5.41 Å². The predicted octanol–water partition coefficient (Wildman–Crippen LogP) is 5.42. The number of rotatable bonds is 8. The molecule has 7 heteroatoms. The second kappa shape index (κ2) is 10.8. The Balaban J connectivity index is 1.79. The summed E-state index contributed by atoms with van der Waals surface area (Å²) in [6.45, 7) is 10.7. The molecular weight excluding hydrogens is 499 g/mol. The average molecular weight is 535 g/mol. The summed E-state index contributed by atoms with van der Waals surface area (Å²) in [5, 5.41) is 2.22. The lowest BCUT2D eigenvalue weighted by atomic mass is 9.85. The van der Waals surface area contributed by atoms with E-state index < -0.39 is 25.7 Å². The Kier molecular flexibility index (Phi) is 7.91. The predicted molar refractivity (Wildman–Crippen MR) is 150 cm³/mol. The van der Waals surface area contributed by atoms with E-state index in [1.165, 1.54) is 10.4 Å². The minimum absolute atomic E-state index is 0.171. The third kappa shape index (κ3) is 4.97. The van der Waals surface area contributed by atoms with Crippen molar-refractivity contribution >= 4 is 38.8 Å². The van der Waals surface area contributed by atoms with E-state index in [9.17, 15) is 9.59 Å². The van der Waals surface area contributed by atoms with E-state index in [-0.39, 0.29) is 31.1 Å². The van der Waals surface area contributed by atoms with Crippen LogP contribution < -0.4 is 14.8 Å². The van der Waals surface area contributed by atoms with Crippen LogP contribution in [0.4, 0.5) is 0 Å². The third-order valence-electron chi connectivity index (χ3n) is 7.05. The molecule has 0 atom stereocenters. The Bertz CT molecular complexity index is 1200. The van der Waals surface area contributed by atoms with Crippen LogP contribution in [0.1, 0.15) is 45.7 Å². The lowest BCUT2D eigenvalue weighted by Gasteiger charge is -2.42. The first kappa shape index (κ1) is 27.1. The molecule has 1 heterocycles. The molecule has 2 aromatic carbocycles. The molecule has 5 nitrogen and oxygen atoms in total. The van der Waals surface area contributed by atoms with Crippen molar-refractivity contribution in [2.75, 3.05) is 13.2 Å². The molecule has 1 aliphatic rings. The molecule has 0 radical (unpaired) electrons. The molecule has 0 N–H and O–H groups in total. The van der Waals surface area contributed by atoms with E-state index in [4.69, 9.17) is 13.9 Å². The van der Waals surface area contributed by atoms with Gasteiger partial charge in [0.15, 0.2) is 5.41 Å². The molecule has 0 unspecified atom stereocenters. The summed E-state index contributed by atoms with van der Waals surface area (Å²) in [6.07, 6.45) is 0.537. The van der Waals surface area contributed by atoms with Crippen molar-refractivity contribution in [1.29, 1.82) is 0 Å². The molecule has 37 heavy (non-hydrogen) atoms. The zero-order valence-corrected chi connectivity index (χ0v) is 24.1. The lowest BCUT2D eigenvalue weighted by Crippen LogP contribution is -2.68. The van der Waals surface area contributed by atoms with Gasteiger partial charge in [-0.25, -0.2) is 0 Å². The van der Waals surface area contributed by atoms with Crippen LogP contribution in [0.2, 0.25) is 5.04 Å². The highest BCUT2D eigenvalue weighted by Gasteiger charge is 2.54. The molecule has 0 saturated carbocycles. The summed E-state index contributed by atoms with van der Waals surface area (Å²) in [5.74, 6) is 1.04. The summed E-state index contributed by atoms with van der Waals surface area (Å²) >= 11 is 0. The second-order valence-corrected chi connectivity index (χ2v) is 15.6. The number of hydrogen-bond acceptors (Lipinski definition) is 5. The monoisotopic (exact) mass is 534 g/mol. The summed E-state index contributed by atoms with van der Waals surface area (Å²) in [4.78, 5) is 26.1. The first-order valence-electron chi connectivity index (χ1n) is 12.8. The number of carbonyl (C=O) groups excluding carboxylic acids is 2. The molecule has 0 amide bonds. The van der Waals surface area contributed by atoms with Crippen molar-refractivity contribution in [2.24, 2.45) is 5.41 Å². The van der Waals surface area contributed by atoms with Gasteiger partial charge < -0.3 is 13.9 Å². The van der Waals surface area contributed by atoms with Crippen LogP contribution >= 0.6 is 8.19 Å². The Labute approximate surface area is 222 Å². The topological polar surface area (TPSA) is 61.8 Å². The molecule has 194 valence electrons. The number of carbonyl (C=O) groups is 2. The fourth-order valence-electron chi connectivity index (χ4n) is 5.31. The molecule has 0 aliphatic heterocycles. The highest BCUT2D eigenvalue weighted by molar-refractivity contribution is 7.32. The molecule has 3 aromatic rings. The molecule has 0 spiro atoms. The van der Waals surface area contributed by atoms with Gasteiger partial charge in [-0.1, -0.05) is 81.4 Å². The fourth-order valence-corrected chi connectivity index (χ4v) is 11.0. The van der Waals surface area contributed by atoms with E-state index in [2.05, 4.69) is 75.1 Å². The van der Waals surface area contributed by atoms with Crippen LogP contribution in [0.25, 0.3) is 0 Å². The summed E-state index contributed by atoms with van der Waals surface area (Å²) < 4.78 is 17.9. The molecule has 1 aromatic heterocycles. The SMILES string of the molecule is CCOC(=O)C1(C(=O)OCC)Cc2cpc(O[Si](c3ccccc3)(c3ccccc3)C(C)(C)C)cc2C1. The minimum atomic E-state index is -2.79. The van der Waals surface area contributed by atoms with Crippen molar-refractivity contribution in [1.82, 2.24) is 0 Å². The maximum absolute atomic E-state index is 13.0. The van der Waals surface area contributed by atoms with Crippen molar-refractivity contribution in [2.45, 2.75) is 52.5 Å².